The van der Waals surface area contributed by atoms with Crippen LogP contribution in [0.2, 0.25) is 0 Å². The second-order valence-electron chi connectivity index (χ2n) is 9.02. The first kappa shape index (κ1) is 19.1. The summed E-state index contributed by atoms with van der Waals surface area (Å²) in [5.74, 6) is 2.89. The van der Waals surface area contributed by atoms with E-state index >= 15 is 0 Å². The topological polar surface area (TPSA) is 49.2 Å². The third-order valence-electron chi connectivity index (χ3n) is 6.88. The van der Waals surface area contributed by atoms with Crippen molar-refractivity contribution in [3.63, 3.8) is 0 Å². The van der Waals surface area contributed by atoms with Crippen molar-refractivity contribution in [2.45, 2.75) is 58.0 Å². The molecular formula is C23H34N6. The highest BCUT2D eigenvalue weighted by Crippen LogP contribution is 2.29. The summed E-state index contributed by atoms with van der Waals surface area (Å²) in [6.45, 7) is 11.1. The standard InChI is InChI=1S/C23H34N6/c1-18-15-19(6-7-21(18)28-12-2-3-13-28)16-27-11-4-5-20(17-27)23-26-25-22-8-9-24-10-14-29(22)23/h6-7,15,20,24H,2-5,8-14,16-17H2,1H3. The van der Waals surface area contributed by atoms with E-state index in [1.165, 1.54) is 68.0 Å². The van der Waals surface area contributed by atoms with Crippen LogP contribution < -0.4 is 10.2 Å². The highest BCUT2D eigenvalue weighted by molar-refractivity contribution is 5.55. The average Bonchev–Trinajstić information content (AvgIpc) is 3.34. The fraction of sp³-hybridized carbons (Fsp3) is 0.652. The molecule has 2 aromatic rings. The van der Waals surface area contributed by atoms with Gasteiger partial charge in [-0.05, 0) is 56.3 Å². The fourth-order valence-electron chi connectivity index (χ4n) is 5.39. The van der Waals surface area contributed by atoms with Gasteiger partial charge in [0.15, 0.2) is 0 Å². The van der Waals surface area contributed by atoms with Crippen LogP contribution in [0.1, 0.15) is 54.4 Å². The molecule has 5 rings (SSSR count). The van der Waals surface area contributed by atoms with Gasteiger partial charge in [0.1, 0.15) is 11.6 Å². The number of aromatic nitrogens is 3. The van der Waals surface area contributed by atoms with Crippen molar-refractivity contribution in [1.82, 2.24) is 25.0 Å². The zero-order valence-electron chi connectivity index (χ0n) is 17.7. The Kier molecular flexibility index (Phi) is 5.55. The minimum absolute atomic E-state index is 0.507. The number of anilines is 1. The summed E-state index contributed by atoms with van der Waals surface area (Å²) in [6.07, 6.45) is 6.13. The first-order valence-electron chi connectivity index (χ1n) is 11.5. The summed E-state index contributed by atoms with van der Waals surface area (Å²) in [4.78, 5) is 5.16. The third-order valence-corrected chi connectivity index (χ3v) is 6.88. The number of likely N-dealkylation sites (tertiary alicyclic amines) is 1. The van der Waals surface area contributed by atoms with Crippen LogP contribution >= 0.6 is 0 Å². The molecular weight excluding hydrogens is 360 g/mol. The van der Waals surface area contributed by atoms with Crippen LogP contribution in [0.4, 0.5) is 5.69 Å². The lowest BCUT2D eigenvalue weighted by atomic mass is 9.96. The molecule has 0 radical (unpaired) electrons. The van der Waals surface area contributed by atoms with Gasteiger partial charge in [-0.25, -0.2) is 0 Å². The predicted octanol–water partition coefficient (Wildman–Crippen LogP) is 2.71. The molecule has 2 saturated heterocycles. The lowest BCUT2D eigenvalue weighted by molar-refractivity contribution is 0.194. The Balaban J connectivity index is 1.27. The molecule has 6 nitrogen and oxygen atoms in total. The first-order valence-corrected chi connectivity index (χ1v) is 11.5. The van der Waals surface area contributed by atoms with E-state index in [9.17, 15) is 0 Å². The quantitative estimate of drug-likeness (QED) is 0.864. The number of benzene rings is 1. The van der Waals surface area contributed by atoms with E-state index in [1.807, 2.05) is 0 Å². The number of aryl methyl sites for hydroxylation is 1. The summed E-state index contributed by atoms with van der Waals surface area (Å²) in [7, 11) is 0. The van der Waals surface area contributed by atoms with E-state index in [2.05, 4.69) is 55.0 Å². The van der Waals surface area contributed by atoms with Crippen LogP contribution in [0.15, 0.2) is 18.2 Å². The molecule has 0 aliphatic carbocycles. The zero-order chi connectivity index (χ0) is 19.6. The molecule has 156 valence electrons. The second kappa shape index (κ2) is 8.44. The Morgan fingerprint density at radius 2 is 1.93 bits per heavy atom. The van der Waals surface area contributed by atoms with Crippen molar-refractivity contribution in [3.05, 3.63) is 41.0 Å². The molecule has 2 fully saturated rings. The van der Waals surface area contributed by atoms with Gasteiger partial charge in [0, 0.05) is 63.8 Å². The number of piperidine rings is 1. The lowest BCUT2D eigenvalue weighted by Gasteiger charge is -2.32. The van der Waals surface area contributed by atoms with E-state index in [4.69, 9.17) is 0 Å². The molecule has 4 heterocycles. The van der Waals surface area contributed by atoms with Crippen LogP contribution in [0.5, 0.6) is 0 Å². The SMILES string of the molecule is Cc1cc(CN2CCCC(c3nnc4n3CCNCC4)C2)ccc1N1CCCC1. The Labute approximate surface area is 174 Å². The number of hydrogen-bond donors (Lipinski definition) is 1. The smallest absolute Gasteiger partial charge is 0.137 e. The largest absolute Gasteiger partial charge is 0.371 e. The van der Waals surface area contributed by atoms with Gasteiger partial charge in [-0.15, -0.1) is 10.2 Å². The van der Waals surface area contributed by atoms with E-state index < -0.39 is 0 Å². The highest BCUT2D eigenvalue weighted by Gasteiger charge is 2.27. The molecule has 1 N–H and O–H groups in total. The number of rotatable bonds is 4. The fourth-order valence-corrected chi connectivity index (χ4v) is 5.39. The van der Waals surface area contributed by atoms with Crippen molar-refractivity contribution in [3.8, 4) is 0 Å². The number of hydrogen-bond acceptors (Lipinski definition) is 5. The molecule has 1 unspecified atom stereocenters. The van der Waals surface area contributed by atoms with Gasteiger partial charge in [0.2, 0.25) is 0 Å². The zero-order valence-corrected chi connectivity index (χ0v) is 17.7. The Hall–Kier alpha value is -1.92. The third kappa shape index (κ3) is 4.05. The molecule has 3 aliphatic heterocycles. The van der Waals surface area contributed by atoms with Crippen molar-refractivity contribution in [1.29, 1.82) is 0 Å². The number of nitrogens with one attached hydrogen (secondary N) is 1. The van der Waals surface area contributed by atoms with E-state index in [1.54, 1.807) is 0 Å². The molecule has 1 atom stereocenters. The normalized spacial score (nSPS) is 23.2. The number of nitrogens with zero attached hydrogens (tertiary/aromatic N) is 5. The van der Waals surface area contributed by atoms with Crippen LogP contribution in [0, 0.1) is 6.92 Å². The van der Waals surface area contributed by atoms with Crippen molar-refractivity contribution in [2.75, 3.05) is 44.2 Å². The van der Waals surface area contributed by atoms with Gasteiger partial charge in [-0.2, -0.15) is 0 Å². The van der Waals surface area contributed by atoms with Gasteiger partial charge >= 0.3 is 0 Å². The molecule has 0 saturated carbocycles. The van der Waals surface area contributed by atoms with Crippen LogP contribution in [-0.2, 0) is 19.5 Å². The summed E-state index contributed by atoms with van der Waals surface area (Å²) in [5.41, 5.74) is 4.30. The van der Waals surface area contributed by atoms with E-state index in [0.717, 1.165) is 45.0 Å². The van der Waals surface area contributed by atoms with Crippen LogP contribution in [0.3, 0.4) is 0 Å². The van der Waals surface area contributed by atoms with Gasteiger partial charge in [0.05, 0.1) is 0 Å². The van der Waals surface area contributed by atoms with Gasteiger partial charge in [-0.3, -0.25) is 4.90 Å². The van der Waals surface area contributed by atoms with E-state index in [0.29, 0.717) is 5.92 Å². The second-order valence-corrected chi connectivity index (χ2v) is 9.02. The monoisotopic (exact) mass is 394 g/mol. The maximum Gasteiger partial charge on any atom is 0.137 e. The molecule has 1 aromatic heterocycles. The number of fused-ring (bicyclic) bond motifs is 1. The maximum atomic E-state index is 4.63. The molecule has 6 heteroatoms. The molecule has 29 heavy (non-hydrogen) atoms. The molecule has 0 bridgehead atoms. The first-order chi connectivity index (χ1) is 14.3. The molecule has 0 spiro atoms. The lowest BCUT2D eigenvalue weighted by Crippen LogP contribution is -2.35. The average molecular weight is 395 g/mol. The van der Waals surface area contributed by atoms with Crippen molar-refractivity contribution in [2.24, 2.45) is 0 Å². The molecule has 1 aromatic carbocycles. The predicted molar refractivity (Wildman–Crippen MR) is 116 cm³/mol. The minimum Gasteiger partial charge on any atom is -0.371 e. The Morgan fingerprint density at radius 1 is 1.03 bits per heavy atom. The van der Waals surface area contributed by atoms with Crippen molar-refractivity contribution >= 4 is 5.69 Å². The summed E-state index contributed by atoms with van der Waals surface area (Å²) in [6, 6.07) is 7.11. The Bertz CT molecular complexity index is 838. The minimum atomic E-state index is 0.507. The van der Waals surface area contributed by atoms with E-state index in [-0.39, 0.29) is 0 Å². The van der Waals surface area contributed by atoms with Gasteiger partial charge in [-0.1, -0.05) is 12.1 Å². The highest BCUT2D eigenvalue weighted by atomic mass is 15.3. The summed E-state index contributed by atoms with van der Waals surface area (Å²) >= 11 is 0. The Morgan fingerprint density at radius 3 is 2.79 bits per heavy atom. The van der Waals surface area contributed by atoms with Crippen LogP contribution in [0.25, 0.3) is 0 Å². The molecule has 3 aliphatic rings. The summed E-state index contributed by atoms with van der Waals surface area (Å²) in [5, 5.41) is 12.6. The van der Waals surface area contributed by atoms with Gasteiger partial charge in [0.25, 0.3) is 0 Å². The van der Waals surface area contributed by atoms with Crippen molar-refractivity contribution < 1.29 is 0 Å². The summed E-state index contributed by atoms with van der Waals surface area (Å²) < 4.78 is 2.39. The molecule has 0 amide bonds. The van der Waals surface area contributed by atoms with Gasteiger partial charge < -0.3 is 14.8 Å². The maximum absolute atomic E-state index is 4.63. The van der Waals surface area contributed by atoms with Crippen LogP contribution in [-0.4, -0.2) is 58.9 Å².